The number of halogens is 1. The van der Waals surface area contributed by atoms with Crippen molar-refractivity contribution in [1.82, 2.24) is 4.98 Å². The molecule has 1 heterocycles. The van der Waals surface area contributed by atoms with Gasteiger partial charge in [-0.05, 0) is 47.9 Å². The summed E-state index contributed by atoms with van der Waals surface area (Å²) in [6.07, 6.45) is 2.94. The number of Topliss-reactive ketones (excluding diaryl/α,β-unsaturated/α-hetero) is 1. The third-order valence-electron chi connectivity index (χ3n) is 5.22. The quantitative estimate of drug-likeness (QED) is 0.340. The number of nitrogens with zero attached hydrogens (tertiary/aromatic N) is 2. The van der Waals surface area contributed by atoms with Crippen molar-refractivity contribution < 1.29 is 14.3 Å². The number of aryl methyl sites for hydroxylation is 1. The van der Waals surface area contributed by atoms with Crippen LogP contribution >= 0.6 is 11.6 Å². The fourth-order valence-corrected chi connectivity index (χ4v) is 3.56. The maximum Gasteiger partial charge on any atom is 0.226 e. The summed E-state index contributed by atoms with van der Waals surface area (Å²) >= 11 is 6.08. The number of hydrogen-bond donors (Lipinski definition) is 0. The molecule has 0 saturated carbocycles. The molecule has 0 N–H and O–H groups in total. The zero-order valence-electron chi connectivity index (χ0n) is 17.9. The first-order valence-corrected chi connectivity index (χ1v) is 10.5. The van der Waals surface area contributed by atoms with Crippen LogP contribution in [0, 0.1) is 0 Å². The Morgan fingerprint density at radius 1 is 1.10 bits per heavy atom. The molecule has 5 nitrogen and oxygen atoms in total. The summed E-state index contributed by atoms with van der Waals surface area (Å²) in [5.41, 5.74) is 4.10. The van der Waals surface area contributed by atoms with E-state index >= 15 is 0 Å². The van der Waals surface area contributed by atoms with Crippen LogP contribution in [-0.4, -0.2) is 30.8 Å². The van der Waals surface area contributed by atoms with E-state index in [0.717, 1.165) is 22.4 Å². The molecule has 3 rings (SSSR count). The molecule has 0 aliphatic heterocycles. The lowest BCUT2D eigenvalue weighted by Gasteiger charge is -2.17. The van der Waals surface area contributed by atoms with E-state index in [0.29, 0.717) is 35.7 Å². The van der Waals surface area contributed by atoms with Gasteiger partial charge in [-0.15, -0.1) is 0 Å². The number of pyridine rings is 1. The molecule has 0 aliphatic carbocycles. The topological polar surface area (TPSA) is 59.5 Å². The number of carbonyl (C=O) groups is 2. The van der Waals surface area contributed by atoms with E-state index in [-0.39, 0.29) is 11.7 Å². The highest BCUT2D eigenvalue weighted by atomic mass is 35.5. The average molecular weight is 437 g/mol. The fourth-order valence-electron chi connectivity index (χ4n) is 3.35. The van der Waals surface area contributed by atoms with Crippen LogP contribution < -0.4 is 9.64 Å². The van der Waals surface area contributed by atoms with Crippen LogP contribution in [0.25, 0.3) is 11.1 Å². The molecule has 1 amide bonds. The molecule has 0 atom stereocenters. The molecule has 0 unspecified atom stereocenters. The van der Waals surface area contributed by atoms with Crippen molar-refractivity contribution in [3.63, 3.8) is 0 Å². The monoisotopic (exact) mass is 436 g/mol. The van der Waals surface area contributed by atoms with Crippen molar-refractivity contribution in [2.45, 2.75) is 26.2 Å². The molecular weight excluding hydrogens is 412 g/mol. The van der Waals surface area contributed by atoms with E-state index in [2.05, 4.69) is 4.98 Å². The third kappa shape index (κ3) is 5.30. The number of amides is 1. The first-order valence-electron chi connectivity index (χ1n) is 10.1. The van der Waals surface area contributed by atoms with Gasteiger partial charge in [0.05, 0.1) is 7.11 Å². The Bertz CT molecular complexity index is 1080. The first-order chi connectivity index (χ1) is 14.9. The van der Waals surface area contributed by atoms with Gasteiger partial charge in [0.1, 0.15) is 10.9 Å². The van der Waals surface area contributed by atoms with E-state index < -0.39 is 0 Å². The van der Waals surface area contributed by atoms with Crippen molar-refractivity contribution >= 4 is 29.0 Å². The summed E-state index contributed by atoms with van der Waals surface area (Å²) < 4.78 is 5.56. The minimum Gasteiger partial charge on any atom is -0.496 e. The van der Waals surface area contributed by atoms with Crippen molar-refractivity contribution in [2.24, 2.45) is 0 Å². The molecule has 0 fully saturated rings. The molecule has 0 aliphatic rings. The number of methoxy groups -OCH3 is 1. The zero-order valence-corrected chi connectivity index (χ0v) is 18.6. The summed E-state index contributed by atoms with van der Waals surface area (Å²) in [6.45, 7) is 1.84. The van der Waals surface area contributed by atoms with Crippen LogP contribution in [0.3, 0.4) is 0 Å². The number of benzene rings is 2. The highest BCUT2D eigenvalue weighted by Crippen LogP contribution is 2.32. The standard InChI is InChI=1S/C25H25ClN2O3/c1-4-24(30)28(2)20-11-7-17(8-12-20)21-13-9-19(16-23(21)31-3)22(29)14-10-18-6-5-15-27-25(18)26/h5-9,11-13,15-16H,4,10,14H2,1-3H3. The van der Waals surface area contributed by atoms with Gasteiger partial charge in [0, 0.05) is 42.9 Å². The van der Waals surface area contributed by atoms with Crippen LogP contribution in [0.5, 0.6) is 5.75 Å². The van der Waals surface area contributed by atoms with Gasteiger partial charge in [0.25, 0.3) is 0 Å². The molecule has 0 radical (unpaired) electrons. The van der Waals surface area contributed by atoms with Crippen molar-refractivity contribution in [3.05, 3.63) is 77.1 Å². The largest absolute Gasteiger partial charge is 0.496 e. The second kappa shape index (κ2) is 10.2. The SMILES string of the molecule is CCC(=O)N(C)c1ccc(-c2ccc(C(=O)CCc3cccnc3Cl)cc2OC)cc1. The number of ether oxygens (including phenoxy) is 1. The Kier molecular flexibility index (Phi) is 7.42. The van der Waals surface area contributed by atoms with Gasteiger partial charge in [-0.1, -0.05) is 42.8 Å². The number of aromatic nitrogens is 1. The van der Waals surface area contributed by atoms with Gasteiger partial charge in [0.15, 0.2) is 5.78 Å². The third-order valence-corrected chi connectivity index (χ3v) is 5.56. The Balaban J connectivity index is 1.77. The van der Waals surface area contributed by atoms with E-state index in [1.165, 1.54) is 0 Å². The van der Waals surface area contributed by atoms with Crippen molar-refractivity contribution in [3.8, 4) is 16.9 Å². The molecule has 0 bridgehead atoms. The van der Waals surface area contributed by atoms with Crippen LogP contribution in [0.15, 0.2) is 60.8 Å². The van der Waals surface area contributed by atoms with Crippen LogP contribution in [-0.2, 0) is 11.2 Å². The number of ketones is 1. The van der Waals surface area contributed by atoms with E-state index in [1.807, 2.05) is 55.5 Å². The second-order valence-corrected chi connectivity index (χ2v) is 7.50. The van der Waals surface area contributed by atoms with Crippen molar-refractivity contribution in [1.29, 1.82) is 0 Å². The van der Waals surface area contributed by atoms with Gasteiger partial charge in [-0.2, -0.15) is 0 Å². The summed E-state index contributed by atoms with van der Waals surface area (Å²) in [5.74, 6) is 0.691. The maximum atomic E-state index is 12.7. The van der Waals surface area contributed by atoms with Crippen molar-refractivity contribution in [2.75, 3.05) is 19.1 Å². The predicted octanol–water partition coefficient (Wildman–Crippen LogP) is 5.60. The van der Waals surface area contributed by atoms with E-state index in [4.69, 9.17) is 16.3 Å². The smallest absolute Gasteiger partial charge is 0.226 e. The van der Waals surface area contributed by atoms with Gasteiger partial charge in [0.2, 0.25) is 5.91 Å². The fraction of sp³-hybridized carbons (Fsp3) is 0.240. The van der Waals surface area contributed by atoms with Gasteiger partial charge >= 0.3 is 0 Å². The summed E-state index contributed by atoms with van der Waals surface area (Å²) in [4.78, 5) is 30.3. The molecule has 6 heteroatoms. The Labute approximate surface area is 187 Å². The summed E-state index contributed by atoms with van der Waals surface area (Å²) in [5, 5.41) is 0.429. The zero-order chi connectivity index (χ0) is 22.4. The van der Waals surface area contributed by atoms with Crippen LogP contribution in [0.4, 0.5) is 5.69 Å². The lowest BCUT2D eigenvalue weighted by molar-refractivity contribution is -0.118. The average Bonchev–Trinajstić information content (AvgIpc) is 2.82. The number of anilines is 1. The second-order valence-electron chi connectivity index (χ2n) is 7.14. The predicted molar refractivity (Wildman–Crippen MR) is 124 cm³/mol. The Hall–Kier alpha value is -3.18. The minimum atomic E-state index is 0.0137. The van der Waals surface area contributed by atoms with E-state index in [1.54, 1.807) is 31.3 Å². The molecule has 3 aromatic rings. The van der Waals surface area contributed by atoms with Crippen LogP contribution in [0.1, 0.15) is 35.7 Å². The number of carbonyl (C=O) groups excluding carboxylic acids is 2. The van der Waals surface area contributed by atoms with E-state index in [9.17, 15) is 9.59 Å². The van der Waals surface area contributed by atoms with Crippen LogP contribution in [0.2, 0.25) is 5.15 Å². The first kappa shape index (κ1) is 22.5. The Morgan fingerprint density at radius 3 is 2.48 bits per heavy atom. The molecule has 2 aromatic carbocycles. The minimum absolute atomic E-state index is 0.0137. The molecule has 0 saturated heterocycles. The molecule has 160 valence electrons. The lowest BCUT2D eigenvalue weighted by atomic mass is 9.98. The summed E-state index contributed by atoms with van der Waals surface area (Å²) in [7, 11) is 3.35. The maximum absolute atomic E-state index is 12.7. The highest BCUT2D eigenvalue weighted by Gasteiger charge is 2.14. The Morgan fingerprint density at radius 2 is 1.84 bits per heavy atom. The van der Waals surface area contributed by atoms with Gasteiger partial charge in [-0.25, -0.2) is 4.98 Å². The summed E-state index contributed by atoms with van der Waals surface area (Å²) in [6, 6.07) is 16.8. The molecular formula is C25H25ClN2O3. The molecule has 0 spiro atoms. The molecule has 31 heavy (non-hydrogen) atoms. The lowest BCUT2D eigenvalue weighted by Crippen LogP contribution is -2.24. The highest BCUT2D eigenvalue weighted by molar-refractivity contribution is 6.30. The van der Waals surface area contributed by atoms with Gasteiger partial charge < -0.3 is 9.64 Å². The molecule has 1 aromatic heterocycles. The number of rotatable bonds is 8. The number of hydrogen-bond acceptors (Lipinski definition) is 4. The normalized spacial score (nSPS) is 10.6. The van der Waals surface area contributed by atoms with Gasteiger partial charge in [-0.3, -0.25) is 9.59 Å².